The molecule has 0 fully saturated rings. The third kappa shape index (κ3) is 55.4. The van der Waals surface area contributed by atoms with E-state index in [0.717, 1.165) is 51.4 Å². The summed E-state index contributed by atoms with van der Waals surface area (Å²) in [4.78, 5) is 24.5. The van der Waals surface area contributed by atoms with E-state index in [9.17, 15) is 19.8 Å². The van der Waals surface area contributed by atoms with Gasteiger partial charge in [-0.15, -0.1) is 0 Å². The lowest BCUT2D eigenvalue weighted by atomic mass is 10.0. The quantitative estimate of drug-likeness (QED) is 0.0321. The van der Waals surface area contributed by atoms with Crippen molar-refractivity contribution < 1.29 is 24.5 Å². The summed E-state index contributed by atoms with van der Waals surface area (Å²) < 4.78 is 5.49. The highest BCUT2D eigenvalue weighted by molar-refractivity contribution is 5.76. The zero-order valence-corrected chi connectivity index (χ0v) is 47.0. The number of nitrogens with one attached hydrogen (secondary N) is 1. The Bertz CT molecular complexity index is 1130. The summed E-state index contributed by atoms with van der Waals surface area (Å²) in [5, 5.41) is 23.1. The molecule has 0 radical (unpaired) electrons. The molecule has 0 saturated heterocycles. The van der Waals surface area contributed by atoms with E-state index in [1.807, 2.05) is 6.08 Å². The average molecular weight is 985 g/mol. The molecule has 0 aliphatic heterocycles. The first-order chi connectivity index (χ1) is 34.5. The standard InChI is InChI=1S/C64H121NO5/c1-3-5-7-9-11-13-15-17-19-25-30-34-38-42-46-50-54-58-64(69)70-59-55-51-47-43-39-35-31-27-24-22-20-21-23-26-29-33-37-41-45-49-53-57-63(68)65-61(60-66)62(67)56-52-48-44-40-36-32-28-18-16-14-12-10-8-6-4-2/h17,19,21,23,52,56,61-62,66-67H,3-16,18,20,22,24-51,53-55,57-60H2,1-2H3,(H,65,68)/b19-17-,23-21-,56-52+. The van der Waals surface area contributed by atoms with Crippen molar-refractivity contribution in [2.45, 2.75) is 347 Å². The fourth-order valence-corrected chi connectivity index (χ4v) is 9.57. The fourth-order valence-electron chi connectivity index (χ4n) is 9.57. The van der Waals surface area contributed by atoms with Gasteiger partial charge in [-0.1, -0.05) is 275 Å². The largest absolute Gasteiger partial charge is 0.466 e. The molecular weight excluding hydrogens is 863 g/mol. The molecule has 2 unspecified atom stereocenters. The summed E-state index contributed by atoms with van der Waals surface area (Å²) in [5.41, 5.74) is 0. The Morgan fingerprint density at radius 3 is 1.01 bits per heavy atom. The van der Waals surface area contributed by atoms with E-state index in [1.54, 1.807) is 6.08 Å². The van der Waals surface area contributed by atoms with Crippen LogP contribution in [0.4, 0.5) is 0 Å². The molecule has 3 N–H and O–H groups in total. The number of carbonyl (C=O) groups excluding carboxylic acids is 2. The molecule has 0 saturated carbocycles. The van der Waals surface area contributed by atoms with Gasteiger partial charge < -0.3 is 20.3 Å². The molecular formula is C64H121NO5. The summed E-state index contributed by atoms with van der Waals surface area (Å²) in [6, 6.07) is -0.634. The molecule has 70 heavy (non-hydrogen) atoms. The smallest absolute Gasteiger partial charge is 0.305 e. The van der Waals surface area contributed by atoms with Crippen molar-refractivity contribution in [3.8, 4) is 0 Å². The molecule has 0 aliphatic rings. The van der Waals surface area contributed by atoms with Crippen molar-refractivity contribution >= 4 is 11.9 Å². The second-order valence-corrected chi connectivity index (χ2v) is 21.4. The molecule has 2 atom stereocenters. The molecule has 0 aromatic carbocycles. The van der Waals surface area contributed by atoms with Gasteiger partial charge in [0.05, 0.1) is 25.4 Å². The van der Waals surface area contributed by atoms with Crippen LogP contribution >= 0.6 is 0 Å². The number of aliphatic hydroxyl groups is 2. The molecule has 412 valence electrons. The summed E-state index contributed by atoms with van der Waals surface area (Å²) in [5.74, 6) is -0.0705. The normalized spacial score (nSPS) is 12.8. The van der Waals surface area contributed by atoms with Crippen LogP contribution < -0.4 is 5.32 Å². The van der Waals surface area contributed by atoms with E-state index in [-0.39, 0.29) is 18.5 Å². The number of amides is 1. The van der Waals surface area contributed by atoms with Gasteiger partial charge in [-0.3, -0.25) is 9.59 Å². The van der Waals surface area contributed by atoms with Crippen LogP contribution in [-0.2, 0) is 14.3 Å². The Hall–Kier alpha value is -1.92. The number of allylic oxidation sites excluding steroid dienone is 5. The van der Waals surface area contributed by atoms with Crippen LogP contribution in [0.1, 0.15) is 335 Å². The Morgan fingerprint density at radius 2 is 0.671 bits per heavy atom. The van der Waals surface area contributed by atoms with Crippen molar-refractivity contribution in [2.24, 2.45) is 0 Å². The Morgan fingerprint density at radius 1 is 0.386 bits per heavy atom. The number of aliphatic hydroxyl groups excluding tert-OH is 2. The van der Waals surface area contributed by atoms with Gasteiger partial charge in [0.25, 0.3) is 0 Å². The molecule has 1 amide bonds. The van der Waals surface area contributed by atoms with Crippen LogP contribution in [0.15, 0.2) is 36.5 Å². The second kappa shape index (κ2) is 59.6. The number of esters is 1. The number of hydrogen-bond acceptors (Lipinski definition) is 5. The first-order valence-corrected chi connectivity index (χ1v) is 31.3. The molecule has 0 aliphatic carbocycles. The molecule has 0 bridgehead atoms. The van der Waals surface area contributed by atoms with Crippen LogP contribution in [0, 0.1) is 0 Å². The van der Waals surface area contributed by atoms with Gasteiger partial charge >= 0.3 is 5.97 Å². The maximum Gasteiger partial charge on any atom is 0.305 e. The number of ether oxygens (including phenoxy) is 1. The van der Waals surface area contributed by atoms with E-state index in [4.69, 9.17) is 4.74 Å². The van der Waals surface area contributed by atoms with Crippen LogP contribution in [-0.4, -0.2) is 47.4 Å². The molecule has 6 nitrogen and oxygen atoms in total. The van der Waals surface area contributed by atoms with Crippen LogP contribution in [0.5, 0.6) is 0 Å². The first-order valence-electron chi connectivity index (χ1n) is 31.3. The van der Waals surface area contributed by atoms with Gasteiger partial charge in [-0.25, -0.2) is 0 Å². The van der Waals surface area contributed by atoms with Gasteiger partial charge in [0.2, 0.25) is 5.91 Å². The Labute approximate surface area is 436 Å². The molecule has 0 spiro atoms. The van der Waals surface area contributed by atoms with Gasteiger partial charge in [0.1, 0.15) is 0 Å². The van der Waals surface area contributed by atoms with Crippen molar-refractivity contribution in [1.29, 1.82) is 0 Å². The number of hydrogen-bond donors (Lipinski definition) is 3. The lowest BCUT2D eigenvalue weighted by Gasteiger charge is -2.20. The minimum Gasteiger partial charge on any atom is -0.466 e. The summed E-state index contributed by atoms with van der Waals surface area (Å²) in [6.07, 6.45) is 74.7. The highest BCUT2D eigenvalue weighted by Gasteiger charge is 2.18. The first kappa shape index (κ1) is 68.1. The van der Waals surface area contributed by atoms with Crippen molar-refractivity contribution in [1.82, 2.24) is 5.32 Å². The average Bonchev–Trinajstić information content (AvgIpc) is 3.36. The third-order valence-electron chi connectivity index (χ3n) is 14.4. The minimum absolute atomic E-state index is 0.00430. The predicted octanol–water partition coefficient (Wildman–Crippen LogP) is 19.6. The molecule has 0 rings (SSSR count). The molecule has 0 heterocycles. The zero-order valence-electron chi connectivity index (χ0n) is 47.0. The van der Waals surface area contributed by atoms with Gasteiger partial charge in [-0.2, -0.15) is 0 Å². The van der Waals surface area contributed by atoms with Gasteiger partial charge in [0, 0.05) is 12.8 Å². The molecule has 0 aromatic rings. The Kier molecular flexibility index (Phi) is 58.0. The van der Waals surface area contributed by atoms with E-state index in [0.29, 0.717) is 19.4 Å². The molecule has 6 heteroatoms. The summed E-state index contributed by atoms with van der Waals surface area (Å²) in [7, 11) is 0. The highest BCUT2D eigenvalue weighted by Crippen LogP contribution is 2.17. The maximum atomic E-state index is 12.5. The lowest BCUT2D eigenvalue weighted by Crippen LogP contribution is -2.45. The van der Waals surface area contributed by atoms with E-state index >= 15 is 0 Å². The van der Waals surface area contributed by atoms with Crippen molar-refractivity contribution in [3.05, 3.63) is 36.5 Å². The van der Waals surface area contributed by atoms with Crippen molar-refractivity contribution in [3.63, 3.8) is 0 Å². The topological polar surface area (TPSA) is 95.9 Å². The summed E-state index contributed by atoms with van der Waals surface area (Å²) in [6.45, 7) is 4.90. The SMILES string of the molecule is CCCCCCCC/C=C\CCCCCCCCCC(=O)OCCCCCCCCCCCC/C=C\CCCCCCCCCC(=O)NC(CO)C(O)/C=C/CCCCCCCCCCCCCCC. The lowest BCUT2D eigenvalue weighted by molar-refractivity contribution is -0.143. The van der Waals surface area contributed by atoms with Crippen LogP contribution in [0.3, 0.4) is 0 Å². The second-order valence-electron chi connectivity index (χ2n) is 21.4. The molecule has 0 aromatic heterocycles. The number of unbranched alkanes of at least 4 members (excludes halogenated alkanes) is 43. The number of carbonyl (C=O) groups is 2. The highest BCUT2D eigenvalue weighted by atomic mass is 16.5. The van der Waals surface area contributed by atoms with E-state index < -0.39 is 12.1 Å². The van der Waals surface area contributed by atoms with Crippen LogP contribution in [0.2, 0.25) is 0 Å². The zero-order chi connectivity index (χ0) is 50.7. The van der Waals surface area contributed by atoms with Gasteiger partial charge in [0.15, 0.2) is 0 Å². The van der Waals surface area contributed by atoms with Crippen LogP contribution in [0.25, 0.3) is 0 Å². The predicted molar refractivity (Wildman–Crippen MR) is 306 cm³/mol. The number of rotatable bonds is 58. The minimum atomic E-state index is -0.849. The van der Waals surface area contributed by atoms with E-state index in [2.05, 4.69) is 43.5 Å². The monoisotopic (exact) mass is 984 g/mol. The fraction of sp³-hybridized carbons (Fsp3) is 0.875. The maximum absolute atomic E-state index is 12.5. The Balaban J connectivity index is 3.44. The van der Waals surface area contributed by atoms with Gasteiger partial charge in [-0.05, 0) is 83.5 Å². The van der Waals surface area contributed by atoms with Crippen molar-refractivity contribution in [2.75, 3.05) is 13.2 Å². The third-order valence-corrected chi connectivity index (χ3v) is 14.4. The van der Waals surface area contributed by atoms with E-state index in [1.165, 1.54) is 257 Å². The summed E-state index contributed by atoms with van der Waals surface area (Å²) >= 11 is 0.